The van der Waals surface area contributed by atoms with E-state index in [-0.39, 0.29) is 0 Å². The van der Waals surface area contributed by atoms with Gasteiger partial charge in [0.15, 0.2) is 0 Å². The second-order valence-corrected chi connectivity index (χ2v) is 3.82. The molecule has 62 valence electrons. The van der Waals surface area contributed by atoms with Crippen LogP contribution < -0.4 is 0 Å². The van der Waals surface area contributed by atoms with Crippen LogP contribution in [0, 0.1) is 24.3 Å². The highest BCUT2D eigenvalue weighted by Crippen LogP contribution is 2.28. The molecule has 1 aliphatic heterocycles. The maximum atomic E-state index is 5.40. The Kier molecular flexibility index (Phi) is 2.44. The molecule has 0 amide bonds. The fraction of sp³-hybridized carbons (Fsp3) is 0.800. The average molecular weight is 151 g/mol. The third kappa shape index (κ3) is 1.50. The van der Waals surface area contributed by atoms with Crippen LogP contribution in [0.15, 0.2) is 0 Å². The standard InChI is InChI=1S/C10H17N/c1-5-11-7-6-9(4)10(11)8(2)3/h1,8-10H,6-7H2,2-4H3/t9-,10?/m1/s1. The number of hydrogen-bond acceptors (Lipinski definition) is 1. The lowest BCUT2D eigenvalue weighted by atomic mass is 9.93. The fourth-order valence-electron chi connectivity index (χ4n) is 2.14. The molecule has 11 heavy (non-hydrogen) atoms. The highest BCUT2D eigenvalue weighted by molar-refractivity contribution is 4.97. The van der Waals surface area contributed by atoms with E-state index >= 15 is 0 Å². The summed E-state index contributed by atoms with van der Waals surface area (Å²) in [5, 5.41) is 0. The van der Waals surface area contributed by atoms with E-state index in [4.69, 9.17) is 6.42 Å². The van der Waals surface area contributed by atoms with Crippen LogP contribution in [0.4, 0.5) is 0 Å². The van der Waals surface area contributed by atoms with Crippen molar-refractivity contribution in [3.63, 3.8) is 0 Å². The van der Waals surface area contributed by atoms with Gasteiger partial charge in [-0.05, 0) is 18.3 Å². The van der Waals surface area contributed by atoms with E-state index < -0.39 is 0 Å². The van der Waals surface area contributed by atoms with Crippen molar-refractivity contribution in [2.45, 2.75) is 33.2 Å². The van der Waals surface area contributed by atoms with E-state index in [1.807, 2.05) is 0 Å². The fourth-order valence-corrected chi connectivity index (χ4v) is 2.14. The van der Waals surface area contributed by atoms with Gasteiger partial charge in [-0.3, -0.25) is 0 Å². The molecule has 0 N–H and O–H groups in total. The molecule has 1 rings (SSSR count). The van der Waals surface area contributed by atoms with Gasteiger partial charge < -0.3 is 4.90 Å². The molecule has 1 saturated heterocycles. The Labute approximate surface area is 69.8 Å². The van der Waals surface area contributed by atoms with E-state index in [9.17, 15) is 0 Å². The van der Waals surface area contributed by atoms with Crippen molar-refractivity contribution in [1.82, 2.24) is 4.90 Å². The zero-order valence-electron chi connectivity index (χ0n) is 7.67. The first-order valence-electron chi connectivity index (χ1n) is 4.39. The van der Waals surface area contributed by atoms with E-state index in [0.29, 0.717) is 12.0 Å². The molecule has 1 fully saturated rings. The van der Waals surface area contributed by atoms with Gasteiger partial charge in [0.25, 0.3) is 0 Å². The summed E-state index contributed by atoms with van der Waals surface area (Å²) in [5.41, 5.74) is 0. The van der Waals surface area contributed by atoms with E-state index in [0.717, 1.165) is 12.5 Å². The third-order valence-electron chi connectivity index (χ3n) is 2.62. The molecule has 0 spiro atoms. The first-order chi connectivity index (χ1) is 5.16. The molecule has 0 saturated carbocycles. The SMILES string of the molecule is C#CN1CC[C@@H](C)C1C(C)C. The molecule has 0 aromatic carbocycles. The molecule has 1 nitrogen and oxygen atoms in total. The molecule has 2 atom stereocenters. The van der Waals surface area contributed by atoms with Gasteiger partial charge in [-0.2, -0.15) is 0 Å². The number of terminal acetylenes is 1. The highest BCUT2D eigenvalue weighted by Gasteiger charge is 2.31. The van der Waals surface area contributed by atoms with Gasteiger partial charge in [-0.25, -0.2) is 0 Å². The maximum absolute atomic E-state index is 5.40. The first kappa shape index (κ1) is 8.46. The van der Waals surface area contributed by atoms with Crippen molar-refractivity contribution in [2.75, 3.05) is 6.54 Å². The minimum Gasteiger partial charge on any atom is -0.329 e. The van der Waals surface area contributed by atoms with Crippen molar-refractivity contribution in [2.24, 2.45) is 11.8 Å². The molecular weight excluding hydrogens is 134 g/mol. The van der Waals surface area contributed by atoms with Crippen LogP contribution in [-0.2, 0) is 0 Å². The zero-order chi connectivity index (χ0) is 8.43. The summed E-state index contributed by atoms with van der Waals surface area (Å²) in [4.78, 5) is 2.15. The van der Waals surface area contributed by atoms with Gasteiger partial charge in [0.05, 0.1) is 0 Å². The quantitative estimate of drug-likeness (QED) is 0.518. The lowest BCUT2D eigenvalue weighted by molar-refractivity contribution is 0.255. The minimum atomic E-state index is 0.611. The predicted octanol–water partition coefficient (Wildman–Crippen LogP) is 1.94. The van der Waals surface area contributed by atoms with Gasteiger partial charge in [-0.1, -0.05) is 27.2 Å². The summed E-state index contributed by atoms with van der Waals surface area (Å²) in [5.74, 6) is 1.45. The molecule has 0 aromatic rings. The largest absolute Gasteiger partial charge is 0.329 e. The van der Waals surface area contributed by atoms with Gasteiger partial charge in [0.2, 0.25) is 0 Å². The second-order valence-electron chi connectivity index (χ2n) is 3.82. The summed E-state index contributed by atoms with van der Waals surface area (Å²) in [6.45, 7) is 7.87. The van der Waals surface area contributed by atoms with Gasteiger partial charge in [0.1, 0.15) is 0 Å². The highest BCUT2D eigenvalue weighted by atomic mass is 15.2. The Morgan fingerprint density at radius 2 is 2.18 bits per heavy atom. The molecule has 1 unspecified atom stereocenters. The van der Waals surface area contributed by atoms with Crippen LogP contribution >= 0.6 is 0 Å². The molecule has 0 radical (unpaired) electrons. The number of rotatable bonds is 1. The van der Waals surface area contributed by atoms with Crippen molar-refractivity contribution >= 4 is 0 Å². The van der Waals surface area contributed by atoms with Gasteiger partial charge in [0, 0.05) is 18.6 Å². The van der Waals surface area contributed by atoms with Crippen LogP contribution in [0.5, 0.6) is 0 Å². The molecule has 1 aliphatic rings. The van der Waals surface area contributed by atoms with Crippen LogP contribution in [0.3, 0.4) is 0 Å². The second kappa shape index (κ2) is 3.17. The Morgan fingerprint density at radius 3 is 2.55 bits per heavy atom. The smallest absolute Gasteiger partial charge is 0.0420 e. The van der Waals surface area contributed by atoms with E-state index in [1.165, 1.54) is 6.42 Å². The Hall–Kier alpha value is -0.640. The Morgan fingerprint density at radius 1 is 1.55 bits per heavy atom. The molecule has 1 heteroatoms. The lowest BCUT2D eigenvalue weighted by Gasteiger charge is -2.26. The summed E-state index contributed by atoms with van der Waals surface area (Å²) >= 11 is 0. The van der Waals surface area contributed by atoms with Gasteiger partial charge in [-0.15, -0.1) is 0 Å². The monoisotopic (exact) mass is 151 g/mol. The summed E-state index contributed by atoms with van der Waals surface area (Å²) < 4.78 is 0. The topological polar surface area (TPSA) is 3.24 Å². The molecule has 0 aliphatic carbocycles. The van der Waals surface area contributed by atoms with Crippen LogP contribution in [-0.4, -0.2) is 17.5 Å². The first-order valence-corrected chi connectivity index (χ1v) is 4.39. The third-order valence-corrected chi connectivity index (χ3v) is 2.62. The Balaban J connectivity index is 2.65. The van der Waals surface area contributed by atoms with Gasteiger partial charge >= 0.3 is 0 Å². The van der Waals surface area contributed by atoms with Crippen molar-refractivity contribution in [3.8, 4) is 12.5 Å². The number of likely N-dealkylation sites (tertiary alicyclic amines) is 1. The maximum Gasteiger partial charge on any atom is 0.0420 e. The van der Waals surface area contributed by atoms with E-state index in [1.54, 1.807) is 0 Å². The Bertz CT molecular complexity index is 166. The molecular formula is C10H17N. The van der Waals surface area contributed by atoms with Crippen molar-refractivity contribution in [1.29, 1.82) is 0 Å². The minimum absolute atomic E-state index is 0.611. The summed E-state index contributed by atoms with van der Waals surface area (Å²) in [7, 11) is 0. The zero-order valence-corrected chi connectivity index (χ0v) is 7.67. The van der Waals surface area contributed by atoms with Crippen molar-refractivity contribution < 1.29 is 0 Å². The normalized spacial score (nSPS) is 31.0. The lowest BCUT2D eigenvalue weighted by Crippen LogP contribution is -2.32. The van der Waals surface area contributed by atoms with E-state index in [2.05, 4.69) is 31.7 Å². The van der Waals surface area contributed by atoms with Crippen LogP contribution in [0.25, 0.3) is 0 Å². The molecule has 0 bridgehead atoms. The van der Waals surface area contributed by atoms with Crippen molar-refractivity contribution in [3.05, 3.63) is 0 Å². The molecule has 1 heterocycles. The number of nitrogens with zero attached hydrogens (tertiary/aromatic N) is 1. The predicted molar refractivity (Wildman–Crippen MR) is 47.9 cm³/mol. The van der Waals surface area contributed by atoms with Crippen LogP contribution in [0.2, 0.25) is 0 Å². The average Bonchev–Trinajstić information content (AvgIpc) is 2.30. The molecule has 0 aromatic heterocycles. The number of hydrogen-bond donors (Lipinski definition) is 0. The summed E-state index contributed by atoms with van der Waals surface area (Å²) in [6.07, 6.45) is 6.66. The summed E-state index contributed by atoms with van der Waals surface area (Å²) in [6, 6.07) is 3.37. The van der Waals surface area contributed by atoms with Crippen LogP contribution in [0.1, 0.15) is 27.2 Å².